The second-order valence-corrected chi connectivity index (χ2v) is 16.8. The van der Waals surface area contributed by atoms with Crippen molar-refractivity contribution in [2.75, 3.05) is 0 Å². The van der Waals surface area contributed by atoms with Crippen LogP contribution in [0.5, 0.6) is 0 Å². The Kier molecular flexibility index (Phi) is 6.59. The Labute approximate surface area is 363 Å². The topological polar surface area (TPSA) is 61.9 Å². The van der Waals surface area contributed by atoms with E-state index in [1.165, 1.54) is 37.7 Å². The van der Waals surface area contributed by atoms with Gasteiger partial charge in [0.25, 0.3) is 0 Å². The van der Waals surface area contributed by atoms with Gasteiger partial charge in [0.05, 0.1) is 33.1 Å². The fourth-order valence-corrected chi connectivity index (χ4v) is 10.9. The molecule has 0 aliphatic heterocycles. The number of para-hydroxylation sites is 3. The molecule has 5 aromatic heterocycles. The Bertz CT molecular complexity index is 4490. The fraction of sp³-hybridized carbons (Fsp3) is 0. The van der Waals surface area contributed by atoms with E-state index in [2.05, 4.69) is 191 Å². The van der Waals surface area contributed by atoms with Crippen molar-refractivity contribution >= 4 is 120 Å². The van der Waals surface area contributed by atoms with Crippen LogP contribution >= 0.6 is 0 Å². The van der Waals surface area contributed by atoms with Crippen LogP contribution in [0.15, 0.2) is 203 Å². The molecule has 0 amide bonds. The molecule has 0 spiro atoms. The van der Waals surface area contributed by atoms with Gasteiger partial charge in [0.1, 0.15) is 16.7 Å². The first kappa shape index (κ1) is 33.9. The summed E-state index contributed by atoms with van der Waals surface area (Å²) in [6, 6.07) is 68.9. The SMILES string of the molecule is c1ccc(-n2c3ccc4ccccc4c3c3c4ccccc4c4c5ccccc5n(-c5nc(-c6ccc7oc8ccc9ccccc9c8c7c6)c6c(n5)oc5ccccc56)c4c32)cc1. The lowest BCUT2D eigenvalue weighted by molar-refractivity contribution is 0.651. The Morgan fingerprint density at radius 3 is 1.77 bits per heavy atom. The van der Waals surface area contributed by atoms with E-state index in [9.17, 15) is 0 Å². The first-order valence-electron chi connectivity index (χ1n) is 21.7. The molecule has 15 aromatic rings. The van der Waals surface area contributed by atoms with Crippen molar-refractivity contribution in [3.8, 4) is 22.9 Å². The summed E-state index contributed by atoms with van der Waals surface area (Å²) in [4.78, 5) is 11.1. The molecule has 0 saturated carbocycles. The summed E-state index contributed by atoms with van der Waals surface area (Å²) in [6.07, 6.45) is 0. The molecule has 0 aliphatic rings. The minimum atomic E-state index is 0.529. The number of hydrogen-bond donors (Lipinski definition) is 0. The first-order valence-corrected chi connectivity index (χ1v) is 21.7. The van der Waals surface area contributed by atoms with E-state index in [1.54, 1.807) is 0 Å². The van der Waals surface area contributed by atoms with Gasteiger partial charge in [0, 0.05) is 49.0 Å². The van der Waals surface area contributed by atoms with E-state index in [0.717, 1.165) is 93.5 Å². The number of nitrogens with zero attached hydrogens (tertiary/aromatic N) is 4. The normalized spacial score (nSPS) is 12.4. The average Bonchev–Trinajstić information content (AvgIpc) is 4.12. The van der Waals surface area contributed by atoms with Crippen LogP contribution in [0.1, 0.15) is 0 Å². The molecule has 6 heteroatoms. The maximum atomic E-state index is 6.74. The van der Waals surface area contributed by atoms with Crippen molar-refractivity contribution in [1.29, 1.82) is 0 Å². The molecule has 6 nitrogen and oxygen atoms in total. The molecule has 0 bridgehead atoms. The van der Waals surface area contributed by atoms with E-state index in [4.69, 9.17) is 18.8 Å². The molecule has 64 heavy (non-hydrogen) atoms. The molecule has 0 unspecified atom stereocenters. The van der Waals surface area contributed by atoms with Gasteiger partial charge in [-0.1, -0.05) is 140 Å². The Morgan fingerprint density at radius 2 is 0.953 bits per heavy atom. The highest BCUT2D eigenvalue weighted by molar-refractivity contribution is 6.39. The van der Waals surface area contributed by atoms with Crippen LogP contribution < -0.4 is 0 Å². The van der Waals surface area contributed by atoms with Crippen molar-refractivity contribution in [3.63, 3.8) is 0 Å². The predicted octanol–water partition coefficient (Wildman–Crippen LogP) is 15.6. The summed E-state index contributed by atoms with van der Waals surface area (Å²) in [5.41, 5.74) is 10.1. The number of hydrogen-bond acceptors (Lipinski definition) is 4. The minimum absolute atomic E-state index is 0.529. The summed E-state index contributed by atoms with van der Waals surface area (Å²) >= 11 is 0. The second-order valence-electron chi connectivity index (χ2n) is 16.8. The van der Waals surface area contributed by atoms with Gasteiger partial charge >= 0.3 is 0 Å². The number of furan rings is 2. The lowest BCUT2D eigenvalue weighted by Gasteiger charge is -2.14. The summed E-state index contributed by atoms with van der Waals surface area (Å²) in [6.45, 7) is 0. The Balaban J connectivity index is 1.15. The van der Waals surface area contributed by atoms with Crippen molar-refractivity contribution in [2.24, 2.45) is 0 Å². The average molecular weight is 817 g/mol. The lowest BCUT2D eigenvalue weighted by atomic mass is 9.96. The Hall–Kier alpha value is -8.74. The zero-order valence-corrected chi connectivity index (χ0v) is 34.1. The summed E-state index contributed by atoms with van der Waals surface area (Å²) in [5, 5.41) is 15.8. The molecule has 0 N–H and O–H groups in total. The van der Waals surface area contributed by atoms with Crippen molar-refractivity contribution in [1.82, 2.24) is 19.1 Å². The molecule has 15 rings (SSSR count). The van der Waals surface area contributed by atoms with Crippen LogP contribution in [0, 0.1) is 0 Å². The van der Waals surface area contributed by atoms with Gasteiger partial charge in [-0.05, 0) is 86.9 Å². The summed E-state index contributed by atoms with van der Waals surface area (Å²) < 4.78 is 18.0. The molecular weight excluding hydrogens is 785 g/mol. The third-order valence-corrected chi connectivity index (χ3v) is 13.5. The number of benzene rings is 10. The standard InChI is InChI=1S/C58H32N4O2/c1-2-16-36(17-3-1)61-45-29-26-33-14-5-7-19-38(33)51(45)52-40-21-9-8-20-39(40)50-41-22-10-12-24-44(41)62(55(50)56(52)61)58-59-54(53-42-23-11-13-25-46(42)64-57(53)60-58)35-28-30-47-43(32-35)49-37-18-6-4-15-34(37)27-31-48(49)63-47/h1-32H. The van der Waals surface area contributed by atoms with Crippen LogP contribution in [0.25, 0.3) is 143 Å². The molecule has 0 saturated heterocycles. The summed E-state index contributed by atoms with van der Waals surface area (Å²) in [7, 11) is 0. The molecule has 10 aromatic carbocycles. The molecule has 0 atom stereocenters. The van der Waals surface area contributed by atoms with Gasteiger partial charge in [-0.15, -0.1) is 0 Å². The van der Waals surface area contributed by atoms with Crippen molar-refractivity contribution in [3.05, 3.63) is 194 Å². The van der Waals surface area contributed by atoms with E-state index in [0.29, 0.717) is 11.7 Å². The van der Waals surface area contributed by atoms with Gasteiger partial charge in [0.15, 0.2) is 0 Å². The van der Waals surface area contributed by atoms with Crippen molar-refractivity contribution < 1.29 is 8.83 Å². The van der Waals surface area contributed by atoms with E-state index in [1.807, 2.05) is 12.1 Å². The van der Waals surface area contributed by atoms with Gasteiger partial charge in [-0.2, -0.15) is 4.98 Å². The van der Waals surface area contributed by atoms with E-state index < -0.39 is 0 Å². The molecule has 0 fully saturated rings. The van der Waals surface area contributed by atoms with Gasteiger partial charge < -0.3 is 13.4 Å². The third kappa shape index (κ3) is 4.43. The zero-order chi connectivity index (χ0) is 41.6. The largest absolute Gasteiger partial charge is 0.456 e. The van der Waals surface area contributed by atoms with E-state index >= 15 is 0 Å². The second kappa shape index (κ2) is 12.4. The first-order chi connectivity index (χ1) is 31.8. The lowest BCUT2D eigenvalue weighted by Crippen LogP contribution is -2.04. The van der Waals surface area contributed by atoms with Gasteiger partial charge in [-0.3, -0.25) is 4.57 Å². The van der Waals surface area contributed by atoms with Crippen LogP contribution in [0.3, 0.4) is 0 Å². The fourth-order valence-electron chi connectivity index (χ4n) is 10.9. The number of rotatable bonds is 3. The van der Waals surface area contributed by atoms with Crippen LogP contribution in [0.2, 0.25) is 0 Å². The number of aromatic nitrogens is 4. The van der Waals surface area contributed by atoms with Crippen LogP contribution in [-0.4, -0.2) is 19.1 Å². The quantitative estimate of drug-likeness (QED) is 0.178. The molecule has 0 aliphatic carbocycles. The smallest absolute Gasteiger partial charge is 0.238 e. The Morgan fingerprint density at radius 1 is 0.344 bits per heavy atom. The van der Waals surface area contributed by atoms with Crippen LogP contribution in [0.4, 0.5) is 0 Å². The predicted molar refractivity (Wildman–Crippen MR) is 263 cm³/mol. The molecule has 296 valence electrons. The van der Waals surface area contributed by atoms with E-state index in [-0.39, 0.29) is 0 Å². The monoisotopic (exact) mass is 816 g/mol. The highest BCUT2D eigenvalue weighted by Gasteiger charge is 2.28. The highest BCUT2D eigenvalue weighted by atomic mass is 16.3. The maximum absolute atomic E-state index is 6.74. The summed E-state index contributed by atoms with van der Waals surface area (Å²) in [5.74, 6) is 0.529. The van der Waals surface area contributed by atoms with Gasteiger partial charge in [-0.25, -0.2) is 4.98 Å². The van der Waals surface area contributed by atoms with Crippen LogP contribution in [-0.2, 0) is 0 Å². The van der Waals surface area contributed by atoms with Gasteiger partial charge in [0.2, 0.25) is 11.7 Å². The minimum Gasteiger partial charge on any atom is -0.456 e. The molecule has 0 radical (unpaired) electrons. The third-order valence-electron chi connectivity index (χ3n) is 13.5. The molecular formula is C58H32N4O2. The molecule has 5 heterocycles. The van der Waals surface area contributed by atoms with Crippen molar-refractivity contribution in [2.45, 2.75) is 0 Å². The number of fused-ring (bicyclic) bond motifs is 20. The zero-order valence-electron chi connectivity index (χ0n) is 34.1. The maximum Gasteiger partial charge on any atom is 0.238 e. The highest BCUT2D eigenvalue weighted by Crippen LogP contribution is 2.49.